The molecule has 0 saturated heterocycles. The third kappa shape index (κ3) is 3.32. The Morgan fingerprint density at radius 1 is 1.21 bits per heavy atom. The van der Waals surface area contributed by atoms with E-state index in [-0.39, 0.29) is 5.91 Å². The van der Waals surface area contributed by atoms with Crippen LogP contribution in [0.25, 0.3) is 10.8 Å². The smallest absolute Gasteiger partial charge is 0.241 e. The lowest BCUT2D eigenvalue weighted by molar-refractivity contribution is -0.117. The lowest BCUT2D eigenvalue weighted by Crippen LogP contribution is -2.35. The Labute approximate surface area is 113 Å². The van der Waals surface area contributed by atoms with Crippen molar-refractivity contribution in [2.45, 2.75) is 32.2 Å². The van der Waals surface area contributed by atoms with E-state index >= 15 is 0 Å². The van der Waals surface area contributed by atoms with Crippen LogP contribution >= 0.6 is 0 Å². The molecule has 1 atom stereocenters. The van der Waals surface area contributed by atoms with Crippen molar-refractivity contribution < 1.29 is 4.79 Å². The topological polar surface area (TPSA) is 55.1 Å². The molecule has 0 fully saturated rings. The summed E-state index contributed by atoms with van der Waals surface area (Å²) < 4.78 is 0. The van der Waals surface area contributed by atoms with Crippen molar-refractivity contribution in [2.75, 3.05) is 5.32 Å². The Hall–Kier alpha value is -1.87. The number of amides is 1. The molecule has 2 aromatic rings. The number of carbonyl (C=O) groups excluding carboxylic acids is 1. The van der Waals surface area contributed by atoms with Crippen LogP contribution < -0.4 is 11.1 Å². The summed E-state index contributed by atoms with van der Waals surface area (Å²) in [6.45, 7) is 2.09. The highest BCUT2D eigenvalue weighted by molar-refractivity contribution is 6.03. The molecule has 2 aromatic carbocycles. The van der Waals surface area contributed by atoms with Crippen LogP contribution in [0.2, 0.25) is 0 Å². The second-order valence-corrected chi connectivity index (χ2v) is 4.76. The van der Waals surface area contributed by atoms with Crippen LogP contribution in [0.4, 0.5) is 5.69 Å². The van der Waals surface area contributed by atoms with Gasteiger partial charge < -0.3 is 11.1 Å². The summed E-state index contributed by atoms with van der Waals surface area (Å²) in [6.07, 6.45) is 2.76. The molecule has 3 heteroatoms. The Bertz CT molecular complexity index is 560. The average molecular weight is 256 g/mol. The minimum atomic E-state index is -0.432. The summed E-state index contributed by atoms with van der Waals surface area (Å²) in [5, 5.41) is 5.09. The first-order valence-corrected chi connectivity index (χ1v) is 6.76. The van der Waals surface area contributed by atoms with E-state index in [0.717, 1.165) is 35.7 Å². The highest BCUT2D eigenvalue weighted by Gasteiger charge is 2.13. The van der Waals surface area contributed by atoms with Gasteiger partial charge in [-0.15, -0.1) is 0 Å². The van der Waals surface area contributed by atoms with Crippen molar-refractivity contribution in [3.05, 3.63) is 42.5 Å². The Balaban J connectivity index is 2.15. The van der Waals surface area contributed by atoms with Crippen molar-refractivity contribution in [3.8, 4) is 0 Å². The summed E-state index contributed by atoms with van der Waals surface area (Å²) in [5.74, 6) is -0.107. The molecule has 0 aliphatic heterocycles. The number of carbonyl (C=O) groups is 1. The zero-order valence-electron chi connectivity index (χ0n) is 11.2. The van der Waals surface area contributed by atoms with Crippen LogP contribution in [0.15, 0.2) is 42.5 Å². The number of nitrogens with two attached hydrogens (primary N) is 1. The number of fused-ring (bicyclic) bond motifs is 1. The molecule has 3 nitrogen and oxygen atoms in total. The van der Waals surface area contributed by atoms with E-state index < -0.39 is 6.04 Å². The summed E-state index contributed by atoms with van der Waals surface area (Å²) >= 11 is 0. The van der Waals surface area contributed by atoms with Gasteiger partial charge >= 0.3 is 0 Å². The molecule has 0 aromatic heterocycles. The molecule has 0 heterocycles. The van der Waals surface area contributed by atoms with Crippen LogP contribution in [0.3, 0.4) is 0 Å². The van der Waals surface area contributed by atoms with Gasteiger partial charge in [0.25, 0.3) is 0 Å². The number of unbranched alkanes of at least 4 members (excludes halogenated alkanes) is 1. The second kappa shape index (κ2) is 6.34. The number of anilines is 1. The molecule has 19 heavy (non-hydrogen) atoms. The highest BCUT2D eigenvalue weighted by atomic mass is 16.2. The summed E-state index contributed by atoms with van der Waals surface area (Å²) in [5.41, 5.74) is 6.71. The monoisotopic (exact) mass is 256 g/mol. The molecular formula is C16H20N2O. The number of rotatable bonds is 5. The fourth-order valence-electron chi connectivity index (χ4n) is 2.11. The SMILES string of the molecule is CCCC[C@H](N)C(=O)Nc1cccc2ccccc12. The molecule has 0 aliphatic rings. The molecular weight excluding hydrogens is 236 g/mol. The van der Waals surface area contributed by atoms with Gasteiger partial charge in [0.1, 0.15) is 0 Å². The van der Waals surface area contributed by atoms with E-state index in [1.54, 1.807) is 0 Å². The molecule has 0 unspecified atom stereocenters. The maximum atomic E-state index is 12.0. The van der Waals surface area contributed by atoms with Gasteiger partial charge in [-0.05, 0) is 17.9 Å². The first-order valence-electron chi connectivity index (χ1n) is 6.76. The number of hydrogen-bond acceptors (Lipinski definition) is 2. The van der Waals surface area contributed by atoms with Crippen LogP contribution in [0.1, 0.15) is 26.2 Å². The maximum absolute atomic E-state index is 12.0. The van der Waals surface area contributed by atoms with E-state index in [0.29, 0.717) is 0 Å². The Kier molecular flexibility index (Phi) is 4.53. The van der Waals surface area contributed by atoms with Crippen molar-refractivity contribution in [1.82, 2.24) is 0 Å². The Morgan fingerprint density at radius 2 is 1.95 bits per heavy atom. The summed E-state index contributed by atoms with van der Waals surface area (Å²) in [4.78, 5) is 12.0. The van der Waals surface area contributed by atoms with Crippen LogP contribution in [0, 0.1) is 0 Å². The van der Waals surface area contributed by atoms with Gasteiger partial charge in [0.2, 0.25) is 5.91 Å². The molecule has 0 radical (unpaired) electrons. The van der Waals surface area contributed by atoms with Crippen molar-refractivity contribution >= 4 is 22.4 Å². The van der Waals surface area contributed by atoms with Gasteiger partial charge in [-0.25, -0.2) is 0 Å². The molecule has 0 saturated carbocycles. The first-order chi connectivity index (χ1) is 9.22. The van der Waals surface area contributed by atoms with Crippen LogP contribution in [0.5, 0.6) is 0 Å². The first kappa shape index (κ1) is 13.6. The third-order valence-electron chi connectivity index (χ3n) is 3.25. The predicted octanol–water partition coefficient (Wildman–Crippen LogP) is 3.30. The zero-order valence-corrected chi connectivity index (χ0v) is 11.2. The van der Waals surface area contributed by atoms with E-state index in [1.165, 1.54) is 0 Å². The van der Waals surface area contributed by atoms with Crippen LogP contribution in [-0.4, -0.2) is 11.9 Å². The molecule has 0 spiro atoms. The van der Waals surface area contributed by atoms with E-state index in [2.05, 4.69) is 12.2 Å². The molecule has 0 aliphatic carbocycles. The lowest BCUT2D eigenvalue weighted by Gasteiger charge is -2.13. The molecule has 100 valence electrons. The van der Waals surface area contributed by atoms with Gasteiger partial charge in [0.15, 0.2) is 0 Å². The summed E-state index contributed by atoms with van der Waals surface area (Å²) in [6, 6.07) is 13.4. The number of benzene rings is 2. The van der Waals surface area contributed by atoms with Crippen molar-refractivity contribution in [1.29, 1.82) is 0 Å². The third-order valence-corrected chi connectivity index (χ3v) is 3.25. The van der Waals surface area contributed by atoms with E-state index in [9.17, 15) is 4.79 Å². The predicted molar refractivity (Wildman–Crippen MR) is 80.1 cm³/mol. The molecule has 3 N–H and O–H groups in total. The van der Waals surface area contributed by atoms with Crippen molar-refractivity contribution in [3.63, 3.8) is 0 Å². The Morgan fingerprint density at radius 3 is 2.74 bits per heavy atom. The molecule has 1 amide bonds. The largest absolute Gasteiger partial charge is 0.324 e. The van der Waals surface area contributed by atoms with Gasteiger partial charge in [-0.1, -0.05) is 56.2 Å². The second-order valence-electron chi connectivity index (χ2n) is 4.76. The molecule has 0 bridgehead atoms. The van der Waals surface area contributed by atoms with Gasteiger partial charge in [0, 0.05) is 11.1 Å². The van der Waals surface area contributed by atoms with Gasteiger partial charge in [-0.3, -0.25) is 4.79 Å². The number of hydrogen-bond donors (Lipinski definition) is 2. The average Bonchev–Trinajstić information content (AvgIpc) is 2.45. The minimum absolute atomic E-state index is 0.107. The lowest BCUT2D eigenvalue weighted by atomic mass is 10.1. The van der Waals surface area contributed by atoms with E-state index in [1.807, 2.05) is 42.5 Å². The molecule has 2 rings (SSSR count). The zero-order chi connectivity index (χ0) is 13.7. The number of nitrogens with one attached hydrogen (secondary N) is 1. The van der Waals surface area contributed by atoms with Crippen LogP contribution in [-0.2, 0) is 4.79 Å². The fourth-order valence-corrected chi connectivity index (χ4v) is 2.11. The maximum Gasteiger partial charge on any atom is 0.241 e. The van der Waals surface area contributed by atoms with Gasteiger partial charge in [0.05, 0.1) is 6.04 Å². The highest BCUT2D eigenvalue weighted by Crippen LogP contribution is 2.23. The minimum Gasteiger partial charge on any atom is -0.324 e. The van der Waals surface area contributed by atoms with E-state index in [4.69, 9.17) is 5.73 Å². The van der Waals surface area contributed by atoms with Crippen molar-refractivity contribution in [2.24, 2.45) is 5.73 Å². The quantitative estimate of drug-likeness (QED) is 0.862. The van der Waals surface area contributed by atoms with Gasteiger partial charge in [-0.2, -0.15) is 0 Å². The fraction of sp³-hybridized carbons (Fsp3) is 0.312. The summed E-state index contributed by atoms with van der Waals surface area (Å²) in [7, 11) is 0. The standard InChI is InChI=1S/C16H20N2O/c1-2-3-10-14(17)16(19)18-15-11-6-8-12-7-4-5-9-13(12)15/h4-9,11,14H,2-3,10,17H2,1H3,(H,18,19)/t14-/m0/s1. The normalized spacial score (nSPS) is 12.3.